The molecule has 1 unspecified atom stereocenters. The van der Waals surface area contributed by atoms with Crippen molar-refractivity contribution in [3.8, 4) is 9.88 Å². The molecular formula is C18H21N5OS2. The minimum atomic E-state index is -0.0376. The molecule has 2 N–H and O–H groups in total. The maximum absolute atomic E-state index is 12.3. The first-order chi connectivity index (χ1) is 12.8. The average molecular weight is 388 g/mol. The third-order valence-corrected chi connectivity index (χ3v) is 6.44. The van der Waals surface area contributed by atoms with Crippen molar-refractivity contribution in [2.45, 2.75) is 31.8 Å². The van der Waals surface area contributed by atoms with Crippen LogP contribution in [-0.4, -0.2) is 33.8 Å². The molecule has 3 aromatic rings. The second kappa shape index (κ2) is 8.11. The van der Waals surface area contributed by atoms with Crippen molar-refractivity contribution in [1.29, 1.82) is 0 Å². The highest BCUT2D eigenvalue weighted by Gasteiger charge is 2.20. The van der Waals surface area contributed by atoms with E-state index in [1.54, 1.807) is 28.9 Å². The molecule has 0 saturated carbocycles. The second-order valence-electron chi connectivity index (χ2n) is 6.36. The van der Waals surface area contributed by atoms with Gasteiger partial charge >= 0.3 is 0 Å². The molecule has 0 aromatic carbocycles. The summed E-state index contributed by atoms with van der Waals surface area (Å²) in [5.41, 5.74) is 2.03. The van der Waals surface area contributed by atoms with Crippen LogP contribution >= 0.6 is 22.7 Å². The summed E-state index contributed by atoms with van der Waals surface area (Å²) in [6, 6.07) is 6.11. The molecule has 0 bridgehead atoms. The maximum Gasteiger partial charge on any atom is 0.242 e. The largest absolute Gasteiger partial charge is 0.349 e. The molecule has 6 nitrogen and oxygen atoms in total. The van der Waals surface area contributed by atoms with E-state index in [4.69, 9.17) is 0 Å². The zero-order valence-electron chi connectivity index (χ0n) is 14.4. The Balaban J connectivity index is 1.33. The molecule has 1 aliphatic heterocycles. The van der Waals surface area contributed by atoms with Crippen molar-refractivity contribution in [2.24, 2.45) is 0 Å². The Labute approximate surface area is 160 Å². The van der Waals surface area contributed by atoms with Crippen molar-refractivity contribution in [2.75, 3.05) is 13.1 Å². The van der Waals surface area contributed by atoms with Crippen LogP contribution in [-0.2, 0) is 17.9 Å². The first kappa shape index (κ1) is 17.4. The molecule has 4 heterocycles. The van der Waals surface area contributed by atoms with Crippen LogP contribution in [0, 0.1) is 0 Å². The molecule has 4 rings (SSSR count). The summed E-state index contributed by atoms with van der Waals surface area (Å²) in [5, 5.41) is 15.8. The summed E-state index contributed by atoms with van der Waals surface area (Å²) in [6.07, 6.45) is 4.09. The Morgan fingerprint density at radius 2 is 2.35 bits per heavy atom. The Bertz CT molecular complexity index is 849. The number of nitrogens with one attached hydrogen (secondary N) is 2. The van der Waals surface area contributed by atoms with Crippen LogP contribution in [0.2, 0.25) is 0 Å². The normalized spacial score (nSPS) is 17.3. The van der Waals surface area contributed by atoms with Crippen LogP contribution in [0.5, 0.6) is 0 Å². The van der Waals surface area contributed by atoms with Gasteiger partial charge in [0.2, 0.25) is 5.91 Å². The van der Waals surface area contributed by atoms with Crippen LogP contribution in [0.25, 0.3) is 9.88 Å². The van der Waals surface area contributed by atoms with Gasteiger partial charge in [0.15, 0.2) is 0 Å². The number of thiazole rings is 1. The van der Waals surface area contributed by atoms with Gasteiger partial charge in [0.1, 0.15) is 11.6 Å². The fourth-order valence-corrected chi connectivity index (χ4v) is 4.84. The van der Waals surface area contributed by atoms with Crippen LogP contribution < -0.4 is 10.6 Å². The van der Waals surface area contributed by atoms with Crippen molar-refractivity contribution in [1.82, 2.24) is 25.4 Å². The standard InChI is InChI=1S/C18H21N5OS2/c24-17(11-23-15(5-7-21-23)13-3-1-6-19-9-13)20-10-14-12-26-18(22-14)16-4-2-8-25-16/h2,4-5,7-8,12-13,19H,1,3,6,9-11H2,(H,20,24). The van der Waals surface area contributed by atoms with E-state index in [1.165, 1.54) is 6.42 Å². The van der Waals surface area contributed by atoms with Gasteiger partial charge in [-0.05, 0) is 36.9 Å². The maximum atomic E-state index is 12.3. The van der Waals surface area contributed by atoms with Gasteiger partial charge in [-0.1, -0.05) is 6.07 Å². The van der Waals surface area contributed by atoms with Gasteiger partial charge in [-0.2, -0.15) is 5.10 Å². The summed E-state index contributed by atoms with van der Waals surface area (Å²) >= 11 is 3.28. The second-order valence-corrected chi connectivity index (χ2v) is 8.16. The molecule has 0 aliphatic carbocycles. The zero-order valence-corrected chi connectivity index (χ0v) is 16.0. The first-order valence-corrected chi connectivity index (χ1v) is 10.5. The summed E-state index contributed by atoms with van der Waals surface area (Å²) in [7, 11) is 0. The minimum absolute atomic E-state index is 0.0376. The average Bonchev–Trinajstić information content (AvgIpc) is 3.41. The highest BCUT2D eigenvalue weighted by Crippen LogP contribution is 2.27. The lowest BCUT2D eigenvalue weighted by atomic mass is 9.96. The molecule has 1 amide bonds. The quantitative estimate of drug-likeness (QED) is 0.682. The summed E-state index contributed by atoms with van der Waals surface area (Å²) in [5.74, 6) is 0.398. The van der Waals surface area contributed by atoms with E-state index in [0.29, 0.717) is 12.5 Å². The van der Waals surface area contributed by atoms with E-state index in [2.05, 4.69) is 26.8 Å². The van der Waals surface area contributed by atoms with Gasteiger partial charge in [0.25, 0.3) is 0 Å². The molecule has 0 radical (unpaired) electrons. The number of nitrogens with zero attached hydrogens (tertiary/aromatic N) is 3. The molecule has 3 aromatic heterocycles. The third-order valence-electron chi connectivity index (χ3n) is 4.51. The third kappa shape index (κ3) is 4.03. The number of piperidine rings is 1. The number of thiophene rings is 1. The van der Waals surface area contributed by atoms with Gasteiger partial charge in [-0.25, -0.2) is 4.98 Å². The van der Waals surface area contributed by atoms with Gasteiger partial charge in [-0.15, -0.1) is 22.7 Å². The molecule has 1 saturated heterocycles. The molecule has 26 heavy (non-hydrogen) atoms. The SMILES string of the molecule is O=C(Cn1nccc1C1CCCNC1)NCc1csc(-c2cccs2)n1. The molecule has 8 heteroatoms. The summed E-state index contributed by atoms with van der Waals surface area (Å²) in [6.45, 7) is 2.73. The predicted molar refractivity (Wildman–Crippen MR) is 104 cm³/mol. The highest BCUT2D eigenvalue weighted by atomic mass is 32.1. The lowest BCUT2D eigenvalue weighted by Gasteiger charge is -2.23. The Morgan fingerprint density at radius 3 is 3.15 bits per heavy atom. The summed E-state index contributed by atoms with van der Waals surface area (Å²) < 4.78 is 1.82. The van der Waals surface area contributed by atoms with Gasteiger partial charge in [-0.3, -0.25) is 9.48 Å². The molecule has 1 atom stereocenters. The number of hydrogen-bond donors (Lipinski definition) is 2. The van der Waals surface area contributed by atoms with Crippen LogP contribution in [0.3, 0.4) is 0 Å². The zero-order chi connectivity index (χ0) is 17.8. The number of rotatable bonds is 6. The Hall–Kier alpha value is -2.03. The number of amides is 1. The van der Waals surface area contributed by atoms with Crippen molar-refractivity contribution in [3.05, 3.63) is 46.5 Å². The van der Waals surface area contributed by atoms with Crippen LogP contribution in [0.15, 0.2) is 35.2 Å². The number of aromatic nitrogens is 3. The van der Waals surface area contributed by atoms with Crippen molar-refractivity contribution >= 4 is 28.6 Å². The van der Waals surface area contributed by atoms with E-state index in [0.717, 1.165) is 40.8 Å². The molecular weight excluding hydrogens is 366 g/mol. The minimum Gasteiger partial charge on any atom is -0.349 e. The van der Waals surface area contributed by atoms with E-state index in [9.17, 15) is 4.79 Å². The fraction of sp³-hybridized carbons (Fsp3) is 0.389. The molecule has 1 aliphatic rings. The van der Waals surface area contributed by atoms with Crippen molar-refractivity contribution < 1.29 is 4.79 Å². The van der Waals surface area contributed by atoms with E-state index < -0.39 is 0 Å². The van der Waals surface area contributed by atoms with E-state index >= 15 is 0 Å². The van der Waals surface area contributed by atoms with E-state index in [-0.39, 0.29) is 12.5 Å². The number of hydrogen-bond acceptors (Lipinski definition) is 6. The van der Waals surface area contributed by atoms with Crippen LogP contribution in [0.1, 0.15) is 30.1 Å². The lowest BCUT2D eigenvalue weighted by molar-refractivity contribution is -0.122. The molecule has 0 spiro atoms. The van der Waals surface area contributed by atoms with Crippen LogP contribution in [0.4, 0.5) is 0 Å². The van der Waals surface area contributed by atoms with Gasteiger partial charge in [0, 0.05) is 29.7 Å². The summed E-state index contributed by atoms with van der Waals surface area (Å²) in [4.78, 5) is 18.1. The fourth-order valence-electron chi connectivity index (χ4n) is 3.21. The van der Waals surface area contributed by atoms with Gasteiger partial charge in [0.05, 0.1) is 17.1 Å². The molecule has 136 valence electrons. The van der Waals surface area contributed by atoms with Gasteiger partial charge < -0.3 is 10.6 Å². The Kier molecular flexibility index (Phi) is 5.42. The predicted octanol–water partition coefficient (Wildman–Crippen LogP) is 2.85. The molecule has 1 fully saturated rings. The number of carbonyl (C=O) groups is 1. The Morgan fingerprint density at radius 1 is 1.38 bits per heavy atom. The van der Waals surface area contributed by atoms with E-state index in [1.807, 2.05) is 27.6 Å². The highest BCUT2D eigenvalue weighted by molar-refractivity contribution is 7.20. The van der Waals surface area contributed by atoms with Crippen molar-refractivity contribution in [3.63, 3.8) is 0 Å². The topological polar surface area (TPSA) is 71.8 Å². The number of carbonyl (C=O) groups excluding carboxylic acids is 1. The monoisotopic (exact) mass is 387 g/mol. The first-order valence-electron chi connectivity index (χ1n) is 8.77. The lowest BCUT2D eigenvalue weighted by Crippen LogP contribution is -2.32. The smallest absolute Gasteiger partial charge is 0.242 e.